The van der Waals surface area contributed by atoms with E-state index in [-0.39, 0.29) is 11.7 Å². The molecule has 3 rings (SSSR count). The molecule has 0 aromatic carbocycles. The van der Waals surface area contributed by atoms with Gasteiger partial charge in [-0.15, -0.1) is 11.3 Å². The topological polar surface area (TPSA) is 76.9 Å². The van der Waals surface area contributed by atoms with Crippen LogP contribution in [-0.4, -0.2) is 26.5 Å². The fraction of sp³-hybridized carbons (Fsp3) is 0.263. The Labute approximate surface area is 155 Å². The molecule has 0 radical (unpaired) electrons. The normalized spacial score (nSPS) is 10.7. The Kier molecular flexibility index (Phi) is 5.58. The largest absolute Gasteiger partial charge is 0.325 e. The molecule has 7 heteroatoms. The fourth-order valence-electron chi connectivity index (χ4n) is 2.64. The number of amides is 1. The monoisotopic (exact) mass is 368 g/mol. The number of thiophene rings is 1. The third-order valence-electron chi connectivity index (χ3n) is 3.86. The predicted octanol–water partition coefficient (Wildman–Crippen LogP) is 3.94. The van der Waals surface area contributed by atoms with Crippen LogP contribution in [0, 0.1) is 13.8 Å². The minimum atomic E-state index is -0.121. The van der Waals surface area contributed by atoms with Gasteiger partial charge >= 0.3 is 0 Å². The molecule has 1 amide bonds. The molecule has 0 fully saturated rings. The van der Waals surface area contributed by atoms with Gasteiger partial charge in [0.05, 0.1) is 22.5 Å². The number of aromatic nitrogens is 3. The van der Waals surface area contributed by atoms with Crippen LogP contribution in [0.25, 0.3) is 5.82 Å². The molecule has 1 N–H and O–H groups in total. The highest BCUT2D eigenvalue weighted by molar-refractivity contribution is 7.12. The Morgan fingerprint density at radius 3 is 2.65 bits per heavy atom. The summed E-state index contributed by atoms with van der Waals surface area (Å²) in [6, 6.07) is 9.26. The van der Waals surface area contributed by atoms with Gasteiger partial charge in [-0.1, -0.05) is 6.07 Å². The summed E-state index contributed by atoms with van der Waals surface area (Å²) in [5.74, 6) is 0.670. The van der Waals surface area contributed by atoms with Crippen molar-refractivity contribution in [2.24, 2.45) is 0 Å². The summed E-state index contributed by atoms with van der Waals surface area (Å²) in [6.07, 6.45) is 2.82. The number of nitrogens with zero attached hydrogens (tertiary/aromatic N) is 3. The van der Waals surface area contributed by atoms with Gasteiger partial charge in [0.25, 0.3) is 0 Å². The first-order chi connectivity index (χ1) is 12.5. The van der Waals surface area contributed by atoms with E-state index < -0.39 is 0 Å². The minimum absolute atomic E-state index is 0.0868. The number of ketones is 1. The van der Waals surface area contributed by atoms with Crippen LogP contribution < -0.4 is 5.32 Å². The minimum Gasteiger partial charge on any atom is -0.325 e. The van der Waals surface area contributed by atoms with E-state index in [1.165, 1.54) is 11.3 Å². The van der Waals surface area contributed by atoms with E-state index in [2.05, 4.69) is 15.4 Å². The molecule has 3 heterocycles. The highest BCUT2D eigenvalue weighted by atomic mass is 32.1. The quantitative estimate of drug-likeness (QED) is 0.641. The van der Waals surface area contributed by atoms with E-state index in [0.717, 1.165) is 16.3 Å². The Bertz CT molecular complexity index is 898. The number of nitrogens with one attached hydrogen (secondary N) is 1. The Balaban J connectivity index is 1.50. The Morgan fingerprint density at radius 1 is 1.19 bits per heavy atom. The first-order valence-electron chi connectivity index (χ1n) is 8.39. The maximum Gasteiger partial charge on any atom is 0.224 e. The maximum atomic E-state index is 12.0. The summed E-state index contributed by atoms with van der Waals surface area (Å²) in [5.41, 5.74) is 2.56. The Hall–Kier alpha value is -2.80. The van der Waals surface area contributed by atoms with Crippen molar-refractivity contribution in [3.63, 3.8) is 0 Å². The molecule has 0 spiro atoms. The molecule has 0 aliphatic carbocycles. The zero-order valence-electron chi connectivity index (χ0n) is 14.7. The smallest absolute Gasteiger partial charge is 0.224 e. The standard InChI is InChI=1S/C19H20N4O2S/c1-13-11-14(2)23(22-13)18-9-8-15(12-20-18)21-19(25)7-3-5-16(24)17-6-4-10-26-17/h4,6,8-12H,3,5,7H2,1-2H3,(H,21,25). The van der Waals surface area contributed by atoms with Crippen LogP contribution in [0.3, 0.4) is 0 Å². The van der Waals surface area contributed by atoms with Gasteiger partial charge in [0.1, 0.15) is 0 Å². The maximum absolute atomic E-state index is 12.0. The molecule has 3 aromatic rings. The van der Waals surface area contributed by atoms with E-state index in [9.17, 15) is 9.59 Å². The van der Waals surface area contributed by atoms with Gasteiger partial charge in [-0.05, 0) is 49.9 Å². The van der Waals surface area contributed by atoms with Gasteiger partial charge in [-0.3, -0.25) is 9.59 Å². The predicted molar refractivity (Wildman–Crippen MR) is 102 cm³/mol. The molecule has 134 valence electrons. The number of carbonyl (C=O) groups is 2. The first kappa shape index (κ1) is 18.0. The third-order valence-corrected chi connectivity index (χ3v) is 4.77. The number of Topliss-reactive ketones (excluding diaryl/α,β-unsaturated/α-hetero) is 1. The van der Waals surface area contributed by atoms with Gasteiger partial charge in [-0.25, -0.2) is 9.67 Å². The highest BCUT2D eigenvalue weighted by Gasteiger charge is 2.09. The summed E-state index contributed by atoms with van der Waals surface area (Å²) < 4.78 is 1.76. The van der Waals surface area contributed by atoms with E-state index in [1.807, 2.05) is 43.5 Å². The number of hydrogen-bond donors (Lipinski definition) is 1. The van der Waals surface area contributed by atoms with Crippen molar-refractivity contribution in [1.82, 2.24) is 14.8 Å². The van der Waals surface area contributed by atoms with Crippen LogP contribution in [-0.2, 0) is 4.79 Å². The molecule has 0 saturated carbocycles. The van der Waals surface area contributed by atoms with E-state index in [4.69, 9.17) is 0 Å². The summed E-state index contributed by atoms with van der Waals surface area (Å²) in [5, 5.41) is 9.07. The van der Waals surface area contributed by atoms with E-state index >= 15 is 0 Å². The van der Waals surface area contributed by atoms with Crippen molar-refractivity contribution in [3.05, 3.63) is 58.2 Å². The molecule has 0 aliphatic heterocycles. The summed E-state index contributed by atoms with van der Waals surface area (Å²) >= 11 is 1.43. The molecular weight excluding hydrogens is 348 g/mol. The molecular formula is C19H20N4O2S. The van der Waals surface area contributed by atoms with Crippen LogP contribution >= 0.6 is 11.3 Å². The average molecular weight is 368 g/mol. The van der Waals surface area contributed by atoms with Gasteiger partial charge < -0.3 is 5.32 Å². The molecule has 26 heavy (non-hydrogen) atoms. The van der Waals surface area contributed by atoms with Gasteiger partial charge in [0, 0.05) is 18.5 Å². The van der Waals surface area contributed by atoms with Crippen molar-refractivity contribution in [2.75, 3.05) is 5.32 Å². The zero-order valence-corrected chi connectivity index (χ0v) is 15.5. The van der Waals surface area contributed by atoms with Gasteiger partial charge in [0.15, 0.2) is 11.6 Å². The molecule has 0 atom stereocenters. The van der Waals surface area contributed by atoms with Crippen LogP contribution in [0.2, 0.25) is 0 Å². The lowest BCUT2D eigenvalue weighted by Crippen LogP contribution is -2.12. The van der Waals surface area contributed by atoms with Crippen molar-refractivity contribution in [1.29, 1.82) is 0 Å². The average Bonchev–Trinajstić information content (AvgIpc) is 3.25. The van der Waals surface area contributed by atoms with Crippen LogP contribution in [0.4, 0.5) is 5.69 Å². The SMILES string of the molecule is Cc1cc(C)n(-c2ccc(NC(=O)CCCC(=O)c3cccs3)cn2)n1. The molecule has 0 aliphatic rings. The van der Waals surface area contributed by atoms with Crippen LogP contribution in [0.15, 0.2) is 41.9 Å². The second kappa shape index (κ2) is 8.05. The molecule has 0 bridgehead atoms. The van der Waals surface area contributed by atoms with Gasteiger partial charge in [-0.2, -0.15) is 5.10 Å². The first-order valence-corrected chi connectivity index (χ1v) is 9.27. The molecule has 6 nitrogen and oxygen atoms in total. The Morgan fingerprint density at radius 2 is 2.04 bits per heavy atom. The second-order valence-electron chi connectivity index (χ2n) is 6.05. The summed E-state index contributed by atoms with van der Waals surface area (Å²) in [7, 11) is 0. The van der Waals surface area contributed by atoms with E-state index in [1.54, 1.807) is 16.9 Å². The third kappa shape index (κ3) is 4.43. The summed E-state index contributed by atoms with van der Waals surface area (Å²) in [6.45, 7) is 3.90. The second-order valence-corrected chi connectivity index (χ2v) is 6.99. The summed E-state index contributed by atoms with van der Waals surface area (Å²) in [4.78, 5) is 29.0. The number of hydrogen-bond acceptors (Lipinski definition) is 5. The number of pyridine rings is 1. The lowest BCUT2D eigenvalue weighted by Gasteiger charge is -2.07. The van der Waals surface area contributed by atoms with Crippen molar-refractivity contribution in [2.45, 2.75) is 33.1 Å². The van der Waals surface area contributed by atoms with E-state index in [0.29, 0.717) is 30.8 Å². The van der Waals surface area contributed by atoms with Crippen molar-refractivity contribution in [3.8, 4) is 5.82 Å². The molecule has 3 aromatic heterocycles. The van der Waals surface area contributed by atoms with Crippen LogP contribution in [0.5, 0.6) is 0 Å². The van der Waals surface area contributed by atoms with Crippen LogP contribution in [0.1, 0.15) is 40.3 Å². The lowest BCUT2D eigenvalue weighted by molar-refractivity contribution is -0.116. The number of rotatable bonds is 7. The number of aryl methyl sites for hydroxylation is 2. The lowest BCUT2D eigenvalue weighted by atomic mass is 10.1. The number of anilines is 1. The zero-order chi connectivity index (χ0) is 18.5. The van der Waals surface area contributed by atoms with Crippen molar-refractivity contribution < 1.29 is 9.59 Å². The molecule has 0 saturated heterocycles. The highest BCUT2D eigenvalue weighted by Crippen LogP contribution is 2.15. The number of carbonyl (C=O) groups excluding carboxylic acids is 2. The molecule has 0 unspecified atom stereocenters. The van der Waals surface area contributed by atoms with Gasteiger partial charge in [0.2, 0.25) is 5.91 Å². The fourth-order valence-corrected chi connectivity index (χ4v) is 3.33. The van der Waals surface area contributed by atoms with Crippen molar-refractivity contribution >= 4 is 28.7 Å².